The molecule has 1 saturated heterocycles. The summed E-state index contributed by atoms with van der Waals surface area (Å²) in [5, 5.41) is 4.53. The Balaban J connectivity index is 1.70. The van der Waals surface area contributed by atoms with Gasteiger partial charge in [-0.3, -0.25) is 9.59 Å². The molecule has 2 aromatic rings. The van der Waals surface area contributed by atoms with Crippen molar-refractivity contribution in [3.05, 3.63) is 47.3 Å². The maximum atomic E-state index is 12.7. The van der Waals surface area contributed by atoms with E-state index < -0.39 is 15.9 Å². The average Bonchev–Trinajstić information content (AvgIpc) is 3.17. The van der Waals surface area contributed by atoms with Crippen molar-refractivity contribution in [2.24, 2.45) is 5.92 Å². The molecule has 138 valence electrons. The molecule has 1 unspecified atom stereocenters. The van der Waals surface area contributed by atoms with Crippen LogP contribution in [0.1, 0.15) is 30.1 Å². The number of benzene rings is 1. The number of nitrogens with one attached hydrogen (secondary N) is 1. The maximum Gasteiger partial charge on any atom is 0.252 e. The molecule has 1 aromatic carbocycles. The van der Waals surface area contributed by atoms with Crippen molar-refractivity contribution in [2.75, 3.05) is 18.4 Å². The number of thiophene rings is 1. The molecule has 0 bridgehead atoms. The molecule has 1 amide bonds. The second-order valence-electron chi connectivity index (χ2n) is 6.26. The van der Waals surface area contributed by atoms with Gasteiger partial charge in [-0.1, -0.05) is 18.2 Å². The Morgan fingerprint density at radius 2 is 2.04 bits per heavy atom. The minimum Gasteiger partial charge on any atom is -0.326 e. The van der Waals surface area contributed by atoms with E-state index in [1.165, 1.54) is 22.6 Å². The third-order valence-electron chi connectivity index (χ3n) is 4.38. The lowest BCUT2D eigenvalue weighted by molar-refractivity contribution is -0.120. The summed E-state index contributed by atoms with van der Waals surface area (Å²) in [7, 11) is -3.55. The van der Waals surface area contributed by atoms with Gasteiger partial charge in [-0.25, -0.2) is 8.42 Å². The highest BCUT2D eigenvalue weighted by Gasteiger charge is 2.33. The summed E-state index contributed by atoms with van der Waals surface area (Å²) in [4.78, 5) is 24.1. The minimum absolute atomic E-state index is 0.0769. The van der Waals surface area contributed by atoms with Gasteiger partial charge in [-0.05, 0) is 43.3 Å². The van der Waals surface area contributed by atoms with E-state index in [1.807, 2.05) is 0 Å². The molecule has 2 heterocycles. The first-order valence-electron chi connectivity index (χ1n) is 8.33. The second-order valence-corrected chi connectivity index (χ2v) is 9.37. The summed E-state index contributed by atoms with van der Waals surface area (Å²) >= 11 is 1.18. The zero-order valence-corrected chi connectivity index (χ0v) is 16.0. The van der Waals surface area contributed by atoms with Gasteiger partial charge < -0.3 is 5.32 Å². The lowest BCUT2D eigenvalue weighted by Crippen LogP contribution is -2.43. The SMILES string of the molecule is CC(=O)c1cccc(NC(=O)C2CCCN(S(=O)(=O)c3cccs3)C2)c1. The van der Waals surface area contributed by atoms with Gasteiger partial charge in [-0.15, -0.1) is 11.3 Å². The van der Waals surface area contributed by atoms with Crippen LogP contribution in [0.4, 0.5) is 5.69 Å². The van der Waals surface area contributed by atoms with E-state index in [9.17, 15) is 18.0 Å². The highest BCUT2D eigenvalue weighted by molar-refractivity contribution is 7.91. The number of hydrogen-bond donors (Lipinski definition) is 1. The Bertz CT molecular complexity index is 907. The third-order valence-corrected chi connectivity index (χ3v) is 7.62. The van der Waals surface area contributed by atoms with E-state index >= 15 is 0 Å². The first kappa shape index (κ1) is 18.8. The number of hydrogen-bond acceptors (Lipinski definition) is 5. The molecular weight excluding hydrogens is 372 g/mol. The molecule has 1 aliphatic rings. The van der Waals surface area contributed by atoms with E-state index in [0.29, 0.717) is 34.8 Å². The number of Topliss-reactive ketones (excluding diaryl/α,β-unsaturated/α-hetero) is 1. The van der Waals surface area contributed by atoms with Crippen molar-refractivity contribution >= 4 is 38.7 Å². The van der Waals surface area contributed by atoms with Crippen LogP contribution in [0.3, 0.4) is 0 Å². The molecule has 0 aliphatic carbocycles. The molecule has 1 atom stereocenters. The Morgan fingerprint density at radius 1 is 1.23 bits per heavy atom. The lowest BCUT2D eigenvalue weighted by atomic mass is 9.98. The van der Waals surface area contributed by atoms with Crippen molar-refractivity contribution in [1.29, 1.82) is 0 Å². The van der Waals surface area contributed by atoms with Gasteiger partial charge in [0.2, 0.25) is 5.91 Å². The van der Waals surface area contributed by atoms with E-state index in [-0.39, 0.29) is 18.2 Å². The molecule has 6 nitrogen and oxygen atoms in total. The summed E-state index contributed by atoms with van der Waals surface area (Å²) < 4.78 is 27.0. The summed E-state index contributed by atoms with van der Waals surface area (Å²) in [5.41, 5.74) is 1.06. The molecule has 0 radical (unpaired) electrons. The van der Waals surface area contributed by atoms with Crippen LogP contribution in [0.2, 0.25) is 0 Å². The smallest absolute Gasteiger partial charge is 0.252 e. The van der Waals surface area contributed by atoms with E-state index in [4.69, 9.17) is 0 Å². The average molecular weight is 393 g/mol. The van der Waals surface area contributed by atoms with E-state index in [2.05, 4.69) is 5.32 Å². The number of sulfonamides is 1. The standard InChI is InChI=1S/C18H20N2O4S2/c1-13(21)14-5-2-7-16(11-14)19-18(22)15-6-3-9-20(12-15)26(23,24)17-8-4-10-25-17/h2,4-5,7-8,10-11,15H,3,6,9,12H2,1H3,(H,19,22). The van der Waals surface area contributed by atoms with Gasteiger partial charge in [0, 0.05) is 24.3 Å². The van der Waals surface area contributed by atoms with Gasteiger partial charge >= 0.3 is 0 Å². The Hall–Kier alpha value is -2.03. The first-order valence-corrected chi connectivity index (χ1v) is 10.7. The number of carbonyl (C=O) groups is 2. The van der Waals surface area contributed by atoms with Crippen molar-refractivity contribution < 1.29 is 18.0 Å². The Labute approximate surface area is 156 Å². The fourth-order valence-electron chi connectivity index (χ4n) is 2.97. The fourth-order valence-corrected chi connectivity index (χ4v) is 5.64. The summed E-state index contributed by atoms with van der Waals surface area (Å²) in [5.74, 6) is -0.719. The quantitative estimate of drug-likeness (QED) is 0.793. The molecule has 3 rings (SSSR count). The fraction of sp³-hybridized carbons (Fsp3) is 0.333. The van der Waals surface area contributed by atoms with Crippen LogP contribution in [-0.2, 0) is 14.8 Å². The number of rotatable bonds is 5. The number of ketones is 1. The molecule has 1 N–H and O–H groups in total. The lowest BCUT2D eigenvalue weighted by Gasteiger charge is -2.30. The van der Waals surface area contributed by atoms with Crippen LogP contribution in [0, 0.1) is 5.92 Å². The van der Waals surface area contributed by atoms with Crippen LogP contribution < -0.4 is 5.32 Å². The normalized spacial score (nSPS) is 18.4. The number of amides is 1. The van der Waals surface area contributed by atoms with Crippen molar-refractivity contribution in [3.63, 3.8) is 0 Å². The van der Waals surface area contributed by atoms with Gasteiger partial charge in [0.1, 0.15) is 4.21 Å². The molecule has 0 saturated carbocycles. The highest BCUT2D eigenvalue weighted by atomic mass is 32.2. The molecule has 1 fully saturated rings. The van der Waals surface area contributed by atoms with Gasteiger partial charge in [0.25, 0.3) is 10.0 Å². The molecule has 1 aromatic heterocycles. The zero-order valence-electron chi connectivity index (χ0n) is 14.3. The monoisotopic (exact) mass is 392 g/mol. The van der Waals surface area contributed by atoms with Crippen LogP contribution >= 0.6 is 11.3 Å². The number of carbonyl (C=O) groups excluding carboxylic acids is 2. The molecule has 8 heteroatoms. The highest BCUT2D eigenvalue weighted by Crippen LogP contribution is 2.27. The van der Waals surface area contributed by atoms with E-state index in [0.717, 1.165) is 0 Å². The maximum absolute atomic E-state index is 12.7. The Kier molecular flexibility index (Phi) is 5.55. The predicted molar refractivity (Wildman–Crippen MR) is 101 cm³/mol. The first-order chi connectivity index (χ1) is 12.4. The van der Waals surface area contributed by atoms with Crippen LogP contribution in [0.15, 0.2) is 46.0 Å². The number of piperidine rings is 1. The Morgan fingerprint density at radius 3 is 2.73 bits per heavy atom. The van der Waals surface area contributed by atoms with Gasteiger partial charge in [-0.2, -0.15) is 4.31 Å². The van der Waals surface area contributed by atoms with Gasteiger partial charge in [0.15, 0.2) is 5.78 Å². The largest absolute Gasteiger partial charge is 0.326 e. The predicted octanol–water partition coefficient (Wildman–Crippen LogP) is 2.99. The molecule has 26 heavy (non-hydrogen) atoms. The summed E-state index contributed by atoms with van der Waals surface area (Å²) in [6.45, 7) is 2.05. The van der Waals surface area contributed by atoms with Crippen LogP contribution in [-0.4, -0.2) is 37.5 Å². The van der Waals surface area contributed by atoms with Crippen LogP contribution in [0.25, 0.3) is 0 Å². The summed E-state index contributed by atoms with van der Waals surface area (Å²) in [6.07, 6.45) is 1.27. The third kappa shape index (κ3) is 4.03. The van der Waals surface area contributed by atoms with Crippen molar-refractivity contribution in [3.8, 4) is 0 Å². The number of anilines is 1. The molecule has 1 aliphatic heterocycles. The zero-order chi connectivity index (χ0) is 18.7. The van der Waals surface area contributed by atoms with E-state index in [1.54, 1.807) is 41.8 Å². The second kappa shape index (κ2) is 7.69. The van der Waals surface area contributed by atoms with Gasteiger partial charge in [0.05, 0.1) is 5.92 Å². The van der Waals surface area contributed by atoms with Crippen LogP contribution in [0.5, 0.6) is 0 Å². The topological polar surface area (TPSA) is 83.6 Å². The molecular formula is C18H20N2O4S2. The summed E-state index contributed by atoms with van der Waals surface area (Å²) in [6, 6.07) is 10.0. The molecule has 0 spiro atoms. The number of nitrogens with zero attached hydrogens (tertiary/aromatic N) is 1. The minimum atomic E-state index is -3.55. The van der Waals surface area contributed by atoms with Crippen molar-refractivity contribution in [2.45, 2.75) is 24.0 Å². The van der Waals surface area contributed by atoms with Crippen molar-refractivity contribution in [1.82, 2.24) is 4.31 Å².